The first-order valence-electron chi connectivity index (χ1n) is 5.53. The van der Waals surface area contributed by atoms with Crippen molar-refractivity contribution >= 4 is 27.3 Å². The third-order valence-corrected chi connectivity index (χ3v) is 4.16. The Hall–Kier alpha value is -1.66. The molecule has 20 heavy (non-hydrogen) atoms. The zero-order chi connectivity index (χ0) is 14.9. The van der Waals surface area contributed by atoms with Crippen LogP contribution in [0.25, 0.3) is 0 Å². The highest BCUT2D eigenvalue weighted by molar-refractivity contribution is 7.92. The first kappa shape index (κ1) is 14.7. The van der Waals surface area contributed by atoms with Gasteiger partial charge in [-0.2, -0.15) is 0 Å². The lowest BCUT2D eigenvalue weighted by atomic mass is 10.2. The quantitative estimate of drug-likeness (QED) is 0.937. The van der Waals surface area contributed by atoms with Gasteiger partial charge in [0.05, 0.1) is 10.6 Å². The van der Waals surface area contributed by atoms with Crippen molar-refractivity contribution in [1.29, 1.82) is 0 Å². The predicted octanol–water partition coefficient (Wildman–Crippen LogP) is 3.73. The molecule has 0 aliphatic rings. The lowest BCUT2D eigenvalue weighted by molar-refractivity contribution is 0.568. The largest absolute Gasteiger partial charge is 0.279 e. The summed E-state index contributed by atoms with van der Waals surface area (Å²) in [5.41, 5.74) is 0.886. The lowest BCUT2D eigenvalue weighted by Gasteiger charge is -2.11. The lowest BCUT2D eigenvalue weighted by Crippen LogP contribution is -2.14. The van der Waals surface area contributed by atoms with E-state index < -0.39 is 26.6 Å². The van der Waals surface area contributed by atoms with Crippen LogP contribution in [0.3, 0.4) is 0 Å². The van der Waals surface area contributed by atoms with Crippen LogP contribution in [0.4, 0.5) is 14.5 Å². The minimum Gasteiger partial charge on any atom is -0.279 e. The van der Waals surface area contributed by atoms with Gasteiger partial charge in [0.25, 0.3) is 10.0 Å². The third kappa shape index (κ3) is 3.26. The normalized spacial score (nSPS) is 11.4. The molecule has 0 atom stereocenters. The molecular weight excluding hydrogens is 308 g/mol. The molecular formula is C13H10ClF2NO2S. The third-order valence-electron chi connectivity index (χ3n) is 2.58. The molecule has 0 heterocycles. The number of aryl methyl sites for hydroxylation is 1. The monoisotopic (exact) mass is 317 g/mol. The summed E-state index contributed by atoms with van der Waals surface area (Å²) in [5.74, 6) is -1.92. The Morgan fingerprint density at radius 3 is 2.20 bits per heavy atom. The molecule has 0 saturated heterocycles. The van der Waals surface area contributed by atoms with Gasteiger partial charge in [-0.1, -0.05) is 11.6 Å². The number of halogens is 3. The molecule has 3 nitrogen and oxygen atoms in total. The maximum absolute atomic E-state index is 13.1. The SMILES string of the molecule is Cc1cc(Cl)ccc1NS(=O)(=O)c1cc(F)cc(F)c1. The minimum atomic E-state index is -4.07. The van der Waals surface area contributed by atoms with Crippen LogP contribution in [-0.4, -0.2) is 8.42 Å². The number of hydrogen-bond acceptors (Lipinski definition) is 2. The maximum Gasteiger partial charge on any atom is 0.262 e. The Labute approximate surface area is 120 Å². The molecule has 0 aliphatic carbocycles. The van der Waals surface area contributed by atoms with Gasteiger partial charge in [0.2, 0.25) is 0 Å². The summed E-state index contributed by atoms with van der Waals surface area (Å²) in [6.45, 7) is 1.66. The molecule has 0 spiro atoms. The molecule has 0 aliphatic heterocycles. The van der Waals surface area contributed by atoms with Crippen molar-refractivity contribution in [3.05, 3.63) is 58.6 Å². The molecule has 0 radical (unpaired) electrons. The number of nitrogens with one attached hydrogen (secondary N) is 1. The van der Waals surface area contributed by atoms with Gasteiger partial charge in [-0.15, -0.1) is 0 Å². The van der Waals surface area contributed by atoms with Gasteiger partial charge in [0.1, 0.15) is 11.6 Å². The van der Waals surface area contributed by atoms with Gasteiger partial charge < -0.3 is 0 Å². The predicted molar refractivity (Wildman–Crippen MR) is 73.4 cm³/mol. The Morgan fingerprint density at radius 1 is 1.05 bits per heavy atom. The van der Waals surface area contributed by atoms with E-state index in [2.05, 4.69) is 4.72 Å². The van der Waals surface area contributed by atoms with E-state index in [1.54, 1.807) is 13.0 Å². The molecule has 1 N–H and O–H groups in total. The molecule has 0 unspecified atom stereocenters. The summed E-state index contributed by atoms with van der Waals surface area (Å²) in [6.07, 6.45) is 0. The smallest absolute Gasteiger partial charge is 0.262 e. The van der Waals surface area contributed by atoms with Crippen LogP contribution in [0, 0.1) is 18.6 Å². The summed E-state index contributed by atoms with van der Waals surface area (Å²) in [7, 11) is -4.07. The van der Waals surface area contributed by atoms with Crippen molar-refractivity contribution in [3.8, 4) is 0 Å². The van der Waals surface area contributed by atoms with Crippen LogP contribution >= 0.6 is 11.6 Å². The van der Waals surface area contributed by atoms with Gasteiger partial charge >= 0.3 is 0 Å². The van der Waals surface area contributed by atoms with Crippen LogP contribution in [0.1, 0.15) is 5.56 Å². The van der Waals surface area contributed by atoms with E-state index >= 15 is 0 Å². The molecule has 2 aromatic rings. The Morgan fingerprint density at radius 2 is 1.65 bits per heavy atom. The summed E-state index contributed by atoms with van der Waals surface area (Å²) in [6, 6.07) is 6.66. The molecule has 0 aromatic heterocycles. The average molecular weight is 318 g/mol. The fourth-order valence-electron chi connectivity index (χ4n) is 1.63. The fourth-order valence-corrected chi connectivity index (χ4v) is 3.03. The second-order valence-electron chi connectivity index (χ2n) is 4.17. The van der Waals surface area contributed by atoms with Crippen LogP contribution in [-0.2, 0) is 10.0 Å². The van der Waals surface area contributed by atoms with E-state index in [1.165, 1.54) is 12.1 Å². The first-order valence-corrected chi connectivity index (χ1v) is 7.39. The highest BCUT2D eigenvalue weighted by atomic mass is 35.5. The molecule has 7 heteroatoms. The average Bonchev–Trinajstić information content (AvgIpc) is 2.31. The second-order valence-corrected chi connectivity index (χ2v) is 6.29. The topological polar surface area (TPSA) is 46.2 Å². The van der Waals surface area contributed by atoms with E-state index in [0.717, 1.165) is 12.1 Å². The zero-order valence-electron chi connectivity index (χ0n) is 10.3. The van der Waals surface area contributed by atoms with Crippen molar-refractivity contribution in [3.63, 3.8) is 0 Å². The summed E-state index contributed by atoms with van der Waals surface area (Å²) < 4.78 is 52.6. The number of anilines is 1. The number of hydrogen-bond donors (Lipinski definition) is 1. The molecule has 2 aromatic carbocycles. The van der Waals surface area contributed by atoms with Gasteiger partial charge in [0, 0.05) is 11.1 Å². The number of sulfonamides is 1. The van der Waals surface area contributed by atoms with E-state index in [0.29, 0.717) is 22.3 Å². The van der Waals surface area contributed by atoms with Crippen LogP contribution in [0.5, 0.6) is 0 Å². The molecule has 0 bridgehead atoms. The van der Waals surface area contributed by atoms with E-state index in [9.17, 15) is 17.2 Å². The van der Waals surface area contributed by atoms with Crippen molar-refractivity contribution in [2.24, 2.45) is 0 Å². The van der Waals surface area contributed by atoms with Crippen molar-refractivity contribution < 1.29 is 17.2 Å². The van der Waals surface area contributed by atoms with Crippen molar-refractivity contribution in [2.75, 3.05) is 4.72 Å². The van der Waals surface area contributed by atoms with Gasteiger partial charge in [-0.05, 0) is 42.8 Å². The summed E-state index contributed by atoms with van der Waals surface area (Å²) in [4.78, 5) is -0.482. The van der Waals surface area contributed by atoms with E-state index in [4.69, 9.17) is 11.6 Å². The van der Waals surface area contributed by atoms with Crippen molar-refractivity contribution in [1.82, 2.24) is 0 Å². The van der Waals surface area contributed by atoms with Crippen LogP contribution in [0.15, 0.2) is 41.3 Å². The van der Waals surface area contributed by atoms with Crippen molar-refractivity contribution in [2.45, 2.75) is 11.8 Å². The fraction of sp³-hybridized carbons (Fsp3) is 0.0769. The maximum atomic E-state index is 13.1. The summed E-state index contributed by atoms with van der Waals surface area (Å²) in [5, 5.41) is 0.460. The summed E-state index contributed by atoms with van der Waals surface area (Å²) >= 11 is 5.77. The number of rotatable bonds is 3. The molecule has 0 saturated carbocycles. The minimum absolute atomic E-state index is 0.291. The molecule has 0 fully saturated rings. The Bertz CT molecular complexity index is 743. The second kappa shape index (κ2) is 5.38. The van der Waals surface area contributed by atoms with Crippen LogP contribution < -0.4 is 4.72 Å². The molecule has 2 rings (SSSR count). The van der Waals surface area contributed by atoms with Crippen LogP contribution in [0.2, 0.25) is 5.02 Å². The van der Waals surface area contributed by atoms with Gasteiger partial charge in [-0.25, -0.2) is 17.2 Å². The van der Waals surface area contributed by atoms with Gasteiger partial charge in [0.15, 0.2) is 0 Å². The highest BCUT2D eigenvalue weighted by Gasteiger charge is 2.17. The van der Waals surface area contributed by atoms with E-state index in [1.807, 2.05) is 0 Å². The zero-order valence-corrected chi connectivity index (χ0v) is 11.9. The molecule has 0 amide bonds. The molecule has 106 valence electrons. The number of benzene rings is 2. The first-order chi connectivity index (χ1) is 9.28. The highest BCUT2D eigenvalue weighted by Crippen LogP contribution is 2.23. The Balaban J connectivity index is 2.40. The Kier molecular flexibility index (Phi) is 3.96. The van der Waals surface area contributed by atoms with E-state index in [-0.39, 0.29) is 0 Å². The standard InChI is InChI=1S/C13H10ClF2NO2S/c1-8-4-9(14)2-3-13(8)17-20(18,19)12-6-10(15)5-11(16)7-12/h2-7,17H,1H3. The van der Waals surface area contributed by atoms with Gasteiger partial charge in [-0.3, -0.25) is 4.72 Å².